The molecule has 0 amide bonds. The molecule has 0 saturated heterocycles. The topological polar surface area (TPSA) is 87.0 Å². The molecule has 5 heteroatoms. The molecule has 0 fully saturated rings. The van der Waals surface area contributed by atoms with Crippen molar-refractivity contribution in [2.24, 2.45) is 0 Å². The van der Waals surface area contributed by atoms with Crippen molar-refractivity contribution in [2.75, 3.05) is 13.2 Å². The molecule has 0 aliphatic carbocycles. The lowest BCUT2D eigenvalue weighted by atomic mass is 9.78. The molecule has 0 saturated carbocycles. The van der Waals surface area contributed by atoms with E-state index >= 15 is 0 Å². The van der Waals surface area contributed by atoms with Gasteiger partial charge in [0.25, 0.3) is 0 Å². The third-order valence-corrected chi connectivity index (χ3v) is 4.98. The van der Waals surface area contributed by atoms with Gasteiger partial charge in [0.05, 0.1) is 12.2 Å². The number of aliphatic hydroxyl groups is 1. The molecule has 0 atom stereocenters. The fourth-order valence-electron chi connectivity index (χ4n) is 3.22. The molecule has 0 aromatic heterocycles. The minimum atomic E-state index is -0.331. The molecular weight excluding hydrogens is 392 g/mol. The average Bonchev–Trinajstić information content (AvgIpc) is 2.65. The second kappa shape index (κ2) is 9.56. The van der Waals surface area contributed by atoms with E-state index in [-0.39, 0.29) is 40.3 Å². The fraction of sp³-hybridized carbons (Fsp3) is 0.423. The number of allylic oxidation sites excluding steroid dienone is 1. The number of carbonyl (C=O) groups is 1. The Bertz CT molecular complexity index is 924. The monoisotopic (exact) mass is 426 g/mol. The molecule has 0 spiro atoms. The van der Waals surface area contributed by atoms with E-state index in [9.17, 15) is 15.0 Å². The minimum absolute atomic E-state index is 0.0263. The predicted octanol–water partition coefficient (Wildman–Crippen LogP) is 5.35. The lowest BCUT2D eigenvalue weighted by Gasteiger charge is -2.27. The van der Waals surface area contributed by atoms with Crippen molar-refractivity contribution < 1.29 is 24.9 Å². The van der Waals surface area contributed by atoms with Gasteiger partial charge < -0.3 is 20.1 Å². The lowest BCUT2D eigenvalue weighted by Crippen LogP contribution is -2.17. The first kappa shape index (κ1) is 24.5. The van der Waals surface area contributed by atoms with Gasteiger partial charge in [0.1, 0.15) is 17.2 Å². The zero-order valence-corrected chi connectivity index (χ0v) is 19.3. The van der Waals surface area contributed by atoms with Gasteiger partial charge >= 0.3 is 0 Å². The maximum atomic E-state index is 12.7. The van der Waals surface area contributed by atoms with Crippen LogP contribution in [-0.2, 0) is 10.8 Å². The maximum absolute atomic E-state index is 12.7. The van der Waals surface area contributed by atoms with Crippen LogP contribution in [0, 0.1) is 0 Å². The zero-order chi connectivity index (χ0) is 23.4. The van der Waals surface area contributed by atoms with Crippen LogP contribution in [0.2, 0.25) is 0 Å². The first-order valence-electron chi connectivity index (χ1n) is 10.5. The Labute approximate surface area is 185 Å². The third kappa shape index (κ3) is 6.34. The summed E-state index contributed by atoms with van der Waals surface area (Å²) in [5.41, 5.74) is 2.10. The van der Waals surface area contributed by atoms with Crippen LogP contribution in [0.15, 0.2) is 36.4 Å². The summed E-state index contributed by atoms with van der Waals surface area (Å²) in [6.07, 6.45) is 3.62. The Kier molecular flexibility index (Phi) is 7.55. The highest BCUT2D eigenvalue weighted by molar-refractivity contribution is 6.08. The predicted molar refractivity (Wildman–Crippen MR) is 124 cm³/mol. The van der Waals surface area contributed by atoms with E-state index in [1.54, 1.807) is 12.1 Å². The van der Waals surface area contributed by atoms with Crippen molar-refractivity contribution in [2.45, 2.75) is 58.8 Å². The van der Waals surface area contributed by atoms with Gasteiger partial charge in [-0.15, -0.1) is 0 Å². The number of phenolic OH excluding ortho intramolecular Hbond substituents is 2. The number of ketones is 1. The molecule has 0 aliphatic rings. The Morgan fingerprint density at radius 1 is 0.968 bits per heavy atom. The summed E-state index contributed by atoms with van der Waals surface area (Å²) in [7, 11) is 0. The average molecular weight is 427 g/mol. The number of phenols is 2. The van der Waals surface area contributed by atoms with Crippen molar-refractivity contribution >= 4 is 11.9 Å². The van der Waals surface area contributed by atoms with Gasteiger partial charge in [-0.25, -0.2) is 0 Å². The Morgan fingerprint density at radius 2 is 1.55 bits per heavy atom. The summed E-state index contributed by atoms with van der Waals surface area (Å²) in [6, 6.07) is 8.33. The number of aliphatic hydroxyl groups excluding tert-OH is 1. The first-order valence-corrected chi connectivity index (χ1v) is 10.5. The summed E-state index contributed by atoms with van der Waals surface area (Å²) >= 11 is 0. The van der Waals surface area contributed by atoms with Crippen LogP contribution in [0.4, 0.5) is 0 Å². The Hall–Kier alpha value is -2.79. The van der Waals surface area contributed by atoms with Gasteiger partial charge in [0, 0.05) is 30.2 Å². The van der Waals surface area contributed by atoms with E-state index < -0.39 is 0 Å². The van der Waals surface area contributed by atoms with Crippen molar-refractivity contribution in [1.29, 1.82) is 0 Å². The van der Waals surface area contributed by atoms with Crippen LogP contribution in [0.25, 0.3) is 6.08 Å². The highest BCUT2D eigenvalue weighted by Crippen LogP contribution is 2.40. The van der Waals surface area contributed by atoms with E-state index in [4.69, 9.17) is 9.84 Å². The highest BCUT2D eigenvalue weighted by Gasteiger charge is 2.26. The number of aromatic hydroxyl groups is 2. The lowest BCUT2D eigenvalue weighted by molar-refractivity contribution is 0.104. The number of carbonyl (C=O) groups excluding carboxylic acids is 1. The molecule has 5 nitrogen and oxygen atoms in total. The van der Waals surface area contributed by atoms with Crippen LogP contribution >= 0.6 is 0 Å². The van der Waals surface area contributed by atoms with Crippen molar-refractivity contribution in [3.05, 3.63) is 58.7 Å². The molecule has 2 rings (SSSR count). The summed E-state index contributed by atoms with van der Waals surface area (Å²) in [5.74, 6) is 0.238. The van der Waals surface area contributed by atoms with E-state index in [2.05, 4.69) is 0 Å². The summed E-state index contributed by atoms with van der Waals surface area (Å²) in [5, 5.41) is 29.9. The minimum Gasteiger partial charge on any atom is -0.507 e. The van der Waals surface area contributed by atoms with Crippen LogP contribution < -0.4 is 4.74 Å². The highest BCUT2D eigenvalue weighted by atomic mass is 16.5. The molecule has 3 N–H and O–H groups in total. The number of hydrogen-bond acceptors (Lipinski definition) is 5. The van der Waals surface area contributed by atoms with Crippen LogP contribution in [0.3, 0.4) is 0 Å². The molecule has 0 bridgehead atoms. The second-order valence-electron chi connectivity index (χ2n) is 9.77. The van der Waals surface area contributed by atoms with Crippen LogP contribution in [0.1, 0.15) is 75.0 Å². The third-order valence-electron chi connectivity index (χ3n) is 4.98. The van der Waals surface area contributed by atoms with Crippen molar-refractivity contribution in [3.63, 3.8) is 0 Å². The van der Waals surface area contributed by atoms with Crippen LogP contribution in [0.5, 0.6) is 17.2 Å². The van der Waals surface area contributed by atoms with Gasteiger partial charge in [0.2, 0.25) is 0 Å². The molecule has 168 valence electrons. The van der Waals surface area contributed by atoms with Gasteiger partial charge in [-0.3, -0.25) is 4.79 Å². The van der Waals surface area contributed by atoms with E-state index in [0.29, 0.717) is 18.8 Å². The van der Waals surface area contributed by atoms with Gasteiger partial charge in [0.15, 0.2) is 5.78 Å². The molecule has 0 aliphatic heterocycles. The standard InChI is InChI=1S/C26H34O5/c1-25(2,3)20-14-17(15-21(24(20)30)26(4,5)6)8-11-22(28)19-10-9-18(16-23(19)29)31-13-7-12-27/h8-11,14-16,27,29-30H,7,12-13H2,1-6H3/b11-8+. The normalized spacial score (nSPS) is 12.4. The summed E-state index contributed by atoms with van der Waals surface area (Å²) in [6.45, 7) is 12.6. The van der Waals surface area contributed by atoms with E-state index in [1.165, 1.54) is 18.2 Å². The number of benzene rings is 2. The van der Waals surface area contributed by atoms with Crippen molar-refractivity contribution in [1.82, 2.24) is 0 Å². The molecule has 31 heavy (non-hydrogen) atoms. The van der Waals surface area contributed by atoms with E-state index in [0.717, 1.165) is 16.7 Å². The number of ether oxygens (including phenoxy) is 1. The molecular formula is C26H34O5. The van der Waals surface area contributed by atoms with Gasteiger partial charge in [-0.2, -0.15) is 0 Å². The maximum Gasteiger partial charge on any atom is 0.189 e. The Balaban J connectivity index is 2.33. The number of rotatable bonds is 7. The van der Waals surface area contributed by atoms with E-state index in [1.807, 2.05) is 53.7 Å². The molecule has 2 aromatic rings. The SMILES string of the molecule is CC(C)(C)c1cc(/C=C/C(=O)c2ccc(OCCCO)cc2O)cc(C(C)(C)C)c1O. The second-order valence-corrected chi connectivity index (χ2v) is 9.77. The first-order chi connectivity index (χ1) is 14.3. The molecule has 0 radical (unpaired) electrons. The van der Waals surface area contributed by atoms with Crippen molar-refractivity contribution in [3.8, 4) is 17.2 Å². The number of hydrogen-bond donors (Lipinski definition) is 3. The van der Waals surface area contributed by atoms with Gasteiger partial charge in [-0.1, -0.05) is 47.6 Å². The zero-order valence-electron chi connectivity index (χ0n) is 19.3. The molecule has 0 unspecified atom stereocenters. The largest absolute Gasteiger partial charge is 0.507 e. The summed E-state index contributed by atoms with van der Waals surface area (Å²) in [4.78, 5) is 12.7. The molecule has 2 aromatic carbocycles. The van der Waals surface area contributed by atoms with Gasteiger partial charge in [-0.05, 0) is 46.7 Å². The van der Waals surface area contributed by atoms with Crippen LogP contribution in [-0.4, -0.2) is 34.3 Å². The quantitative estimate of drug-likeness (QED) is 0.316. The summed E-state index contributed by atoms with van der Waals surface area (Å²) < 4.78 is 5.42. The molecule has 0 heterocycles. The Morgan fingerprint density at radius 3 is 2.03 bits per heavy atom. The fourth-order valence-corrected chi connectivity index (χ4v) is 3.22. The smallest absolute Gasteiger partial charge is 0.189 e.